The molecule has 0 saturated heterocycles. The number of fused-ring (bicyclic) bond motifs is 1. The number of benzene rings is 5. The van der Waals surface area contributed by atoms with E-state index in [4.69, 9.17) is 33.0 Å². The van der Waals surface area contributed by atoms with Crippen molar-refractivity contribution in [2.45, 2.75) is 6.61 Å². The van der Waals surface area contributed by atoms with Gasteiger partial charge in [0.1, 0.15) is 18.1 Å². The highest BCUT2D eigenvalue weighted by Crippen LogP contribution is 2.37. The van der Waals surface area contributed by atoms with Gasteiger partial charge >= 0.3 is 0 Å². The molecule has 0 N–H and O–H groups in total. The SMILES string of the molecule is O=C1/C(=C\c2cc(Cl)cc(Cl)c2OCc2cccc3ccccc23)C(c2ccccc2)=NN1c1ccccc1. The first-order valence-electron chi connectivity index (χ1n) is 12.4. The Morgan fingerprint density at radius 2 is 1.49 bits per heavy atom. The van der Waals surface area contributed by atoms with Crippen LogP contribution in [-0.4, -0.2) is 11.6 Å². The van der Waals surface area contributed by atoms with E-state index in [1.807, 2.05) is 84.9 Å². The molecule has 4 nitrogen and oxygen atoms in total. The van der Waals surface area contributed by atoms with Gasteiger partial charge in [0.25, 0.3) is 5.91 Å². The molecule has 5 aromatic rings. The second kappa shape index (κ2) is 10.8. The van der Waals surface area contributed by atoms with Crippen molar-refractivity contribution in [3.63, 3.8) is 0 Å². The van der Waals surface area contributed by atoms with Gasteiger partial charge in [-0.1, -0.05) is 114 Å². The summed E-state index contributed by atoms with van der Waals surface area (Å²) in [6.45, 7) is 0.294. The lowest BCUT2D eigenvalue weighted by atomic mass is 10.00. The van der Waals surface area contributed by atoms with E-state index < -0.39 is 0 Å². The molecule has 6 heteroatoms. The minimum atomic E-state index is -0.254. The summed E-state index contributed by atoms with van der Waals surface area (Å²) in [7, 11) is 0. The summed E-state index contributed by atoms with van der Waals surface area (Å²) in [6.07, 6.45) is 1.76. The van der Waals surface area contributed by atoms with Crippen LogP contribution in [0, 0.1) is 0 Å². The predicted octanol–water partition coefficient (Wildman–Crippen LogP) is 8.56. The third kappa shape index (κ3) is 5.05. The zero-order valence-electron chi connectivity index (χ0n) is 20.7. The largest absolute Gasteiger partial charge is 0.487 e. The number of carbonyl (C=O) groups is 1. The van der Waals surface area contributed by atoms with Crippen molar-refractivity contribution in [3.05, 3.63) is 148 Å². The number of rotatable bonds is 6. The molecule has 1 amide bonds. The second-order valence-corrected chi connectivity index (χ2v) is 9.90. The summed E-state index contributed by atoms with van der Waals surface area (Å²) < 4.78 is 6.32. The van der Waals surface area contributed by atoms with E-state index in [1.165, 1.54) is 5.01 Å². The van der Waals surface area contributed by atoms with Gasteiger partial charge in [-0.15, -0.1) is 0 Å². The number of carbonyl (C=O) groups excluding carboxylic acids is 1. The predicted molar refractivity (Wildman–Crippen MR) is 160 cm³/mol. The molecule has 0 fully saturated rings. The summed E-state index contributed by atoms with van der Waals surface area (Å²) in [5.74, 6) is 0.191. The Kier molecular flexibility index (Phi) is 6.89. The lowest BCUT2D eigenvalue weighted by molar-refractivity contribution is -0.114. The van der Waals surface area contributed by atoms with Crippen molar-refractivity contribution >= 4 is 57.4 Å². The van der Waals surface area contributed by atoms with Crippen molar-refractivity contribution in [3.8, 4) is 5.75 Å². The van der Waals surface area contributed by atoms with E-state index in [1.54, 1.807) is 18.2 Å². The molecule has 1 aliphatic heterocycles. The van der Waals surface area contributed by atoms with E-state index in [0.29, 0.717) is 44.9 Å². The molecule has 6 rings (SSSR count). The molecular formula is C33H22Cl2N2O2. The van der Waals surface area contributed by atoms with Crippen LogP contribution in [0.4, 0.5) is 5.69 Å². The minimum Gasteiger partial charge on any atom is -0.487 e. The fourth-order valence-corrected chi connectivity index (χ4v) is 5.23. The Labute approximate surface area is 236 Å². The number of hydrogen-bond acceptors (Lipinski definition) is 3. The maximum absolute atomic E-state index is 13.7. The Morgan fingerprint density at radius 3 is 2.28 bits per heavy atom. The number of halogens is 2. The first-order chi connectivity index (χ1) is 19.1. The van der Waals surface area contributed by atoms with Gasteiger partial charge in [-0.25, -0.2) is 0 Å². The van der Waals surface area contributed by atoms with Gasteiger partial charge in [0, 0.05) is 16.1 Å². The van der Waals surface area contributed by atoms with Crippen molar-refractivity contribution in [1.29, 1.82) is 0 Å². The lowest BCUT2D eigenvalue weighted by Gasteiger charge is -2.14. The first kappa shape index (κ1) is 24.9. The van der Waals surface area contributed by atoms with Gasteiger partial charge in [-0.05, 0) is 46.7 Å². The summed E-state index contributed by atoms with van der Waals surface area (Å²) in [5.41, 5.74) is 4.09. The highest BCUT2D eigenvalue weighted by molar-refractivity contribution is 6.38. The molecule has 0 atom stereocenters. The molecule has 1 heterocycles. The van der Waals surface area contributed by atoms with E-state index >= 15 is 0 Å². The second-order valence-electron chi connectivity index (χ2n) is 9.06. The fraction of sp³-hybridized carbons (Fsp3) is 0.0303. The van der Waals surface area contributed by atoms with Gasteiger partial charge in [0.2, 0.25) is 0 Å². The van der Waals surface area contributed by atoms with Crippen LogP contribution in [0.15, 0.2) is 126 Å². The van der Waals surface area contributed by atoms with Crippen molar-refractivity contribution < 1.29 is 9.53 Å². The highest BCUT2D eigenvalue weighted by Gasteiger charge is 2.32. The number of hydrazone groups is 1. The monoisotopic (exact) mass is 548 g/mol. The van der Waals surface area contributed by atoms with Gasteiger partial charge in [-0.3, -0.25) is 4.79 Å². The van der Waals surface area contributed by atoms with Crippen LogP contribution in [0.1, 0.15) is 16.7 Å². The highest BCUT2D eigenvalue weighted by atomic mass is 35.5. The molecule has 0 unspecified atom stereocenters. The number of hydrogen-bond donors (Lipinski definition) is 0. The quantitative estimate of drug-likeness (QED) is 0.199. The van der Waals surface area contributed by atoms with E-state index in [2.05, 4.69) is 18.2 Å². The normalized spacial score (nSPS) is 14.2. The van der Waals surface area contributed by atoms with Gasteiger partial charge < -0.3 is 4.74 Å². The smallest absolute Gasteiger partial charge is 0.281 e. The van der Waals surface area contributed by atoms with E-state index in [-0.39, 0.29) is 5.91 Å². The molecule has 0 aromatic heterocycles. The molecule has 0 saturated carbocycles. The number of ether oxygens (including phenoxy) is 1. The Balaban J connectivity index is 1.42. The van der Waals surface area contributed by atoms with Crippen LogP contribution < -0.4 is 9.75 Å². The molecule has 0 aliphatic carbocycles. The average Bonchev–Trinajstić information content (AvgIpc) is 3.29. The molecule has 190 valence electrons. The van der Waals surface area contributed by atoms with Gasteiger partial charge in [0.05, 0.1) is 16.3 Å². The van der Waals surface area contributed by atoms with E-state index in [9.17, 15) is 4.79 Å². The topological polar surface area (TPSA) is 41.9 Å². The molecule has 0 bridgehead atoms. The maximum atomic E-state index is 13.7. The van der Waals surface area contributed by atoms with Gasteiger partial charge in [0.15, 0.2) is 0 Å². The molecule has 0 radical (unpaired) electrons. The maximum Gasteiger partial charge on any atom is 0.281 e. The molecule has 5 aromatic carbocycles. The van der Waals surface area contributed by atoms with Gasteiger partial charge in [-0.2, -0.15) is 10.1 Å². The molecular weight excluding hydrogens is 527 g/mol. The molecule has 0 spiro atoms. The summed E-state index contributed by atoms with van der Waals surface area (Å²) >= 11 is 13.1. The van der Waals surface area contributed by atoms with Crippen LogP contribution in [0.25, 0.3) is 16.8 Å². The Bertz CT molecular complexity index is 1740. The summed E-state index contributed by atoms with van der Waals surface area (Å²) in [4.78, 5) is 13.7. The standard InChI is InChI=1S/C33H22Cl2N2O2/c34-26-18-25(32(30(35)20-26)39-21-24-14-9-13-22-10-7-8-17-28(22)24)19-29-31(23-11-3-1-4-12-23)36-37(33(29)38)27-15-5-2-6-16-27/h1-20H,21H2/b29-19-. The summed E-state index contributed by atoms with van der Waals surface area (Å²) in [6, 6.07) is 36.6. The third-order valence-corrected chi connectivity index (χ3v) is 7.01. The minimum absolute atomic E-state index is 0.254. The van der Waals surface area contributed by atoms with E-state index in [0.717, 1.165) is 21.9 Å². The number of amides is 1. The molecule has 39 heavy (non-hydrogen) atoms. The first-order valence-corrected chi connectivity index (χ1v) is 13.2. The van der Waals surface area contributed by atoms with Crippen LogP contribution in [0.5, 0.6) is 5.75 Å². The van der Waals surface area contributed by atoms with Crippen molar-refractivity contribution in [2.24, 2.45) is 5.10 Å². The van der Waals surface area contributed by atoms with Crippen LogP contribution in [-0.2, 0) is 11.4 Å². The number of para-hydroxylation sites is 1. The van der Waals surface area contributed by atoms with Crippen LogP contribution in [0.3, 0.4) is 0 Å². The fourth-order valence-electron chi connectivity index (χ4n) is 4.66. The Morgan fingerprint density at radius 1 is 0.795 bits per heavy atom. The van der Waals surface area contributed by atoms with Crippen molar-refractivity contribution in [1.82, 2.24) is 0 Å². The Hall–Kier alpha value is -4.38. The summed E-state index contributed by atoms with van der Waals surface area (Å²) in [5, 5.41) is 9.16. The van der Waals surface area contributed by atoms with Crippen LogP contribution >= 0.6 is 23.2 Å². The third-order valence-electron chi connectivity index (χ3n) is 6.51. The lowest BCUT2D eigenvalue weighted by Crippen LogP contribution is -2.21. The average molecular weight is 549 g/mol. The zero-order valence-corrected chi connectivity index (χ0v) is 22.2. The van der Waals surface area contributed by atoms with Crippen molar-refractivity contribution in [2.75, 3.05) is 5.01 Å². The number of anilines is 1. The van der Waals surface area contributed by atoms with Crippen LogP contribution in [0.2, 0.25) is 10.0 Å². The molecule has 1 aliphatic rings. The number of nitrogens with zero attached hydrogens (tertiary/aromatic N) is 2. The zero-order chi connectivity index (χ0) is 26.8.